The van der Waals surface area contributed by atoms with Crippen LogP contribution in [0.15, 0.2) is 0 Å². The minimum absolute atomic E-state index is 0.0185. The molecule has 0 heterocycles. The zero-order chi connectivity index (χ0) is 8.27. The Morgan fingerprint density at radius 1 is 1.36 bits per heavy atom. The third kappa shape index (κ3) is 3.98. The van der Waals surface area contributed by atoms with Crippen LogP contribution in [0.2, 0.25) is 0 Å². The number of carbonyl (C=O) groups is 1. The second-order valence-corrected chi connectivity index (χ2v) is 3.18. The van der Waals surface area contributed by atoms with E-state index in [1.54, 1.807) is 0 Å². The zero-order valence-corrected chi connectivity index (χ0v) is 6.84. The molecule has 0 amide bonds. The summed E-state index contributed by atoms with van der Waals surface area (Å²) in [6, 6.07) is 0.884. The van der Waals surface area contributed by atoms with E-state index >= 15 is 0 Å². The number of aliphatic carboxylic acids is 1. The molecule has 11 heavy (non-hydrogen) atoms. The molecule has 2 aliphatic carbocycles. The standard InChI is InChI=1S/C4H9N.C4H6O2/c1-5-4-2-3-4;5-4(6)3-1-2-3/h4-5H,2-3H2,1H3;3H,1-2H2,(H,5,6). The van der Waals surface area contributed by atoms with Crippen molar-refractivity contribution < 1.29 is 9.90 Å². The van der Waals surface area contributed by atoms with Crippen LogP contribution in [0.1, 0.15) is 25.7 Å². The molecule has 0 bridgehead atoms. The van der Waals surface area contributed by atoms with Crippen molar-refractivity contribution in [1.82, 2.24) is 5.32 Å². The van der Waals surface area contributed by atoms with Gasteiger partial charge in [-0.2, -0.15) is 0 Å². The highest BCUT2D eigenvalue weighted by atomic mass is 16.4. The summed E-state index contributed by atoms with van der Waals surface area (Å²) in [5.41, 5.74) is 0. The molecule has 2 fully saturated rings. The smallest absolute Gasteiger partial charge is 0.306 e. The molecule has 2 aliphatic rings. The molecule has 2 N–H and O–H groups in total. The van der Waals surface area contributed by atoms with E-state index in [-0.39, 0.29) is 5.92 Å². The van der Waals surface area contributed by atoms with Crippen molar-refractivity contribution in [2.45, 2.75) is 31.7 Å². The van der Waals surface area contributed by atoms with Gasteiger partial charge in [-0.3, -0.25) is 4.79 Å². The molecular weight excluding hydrogens is 142 g/mol. The summed E-state index contributed by atoms with van der Waals surface area (Å²) in [4.78, 5) is 9.76. The third-order valence-corrected chi connectivity index (χ3v) is 1.91. The van der Waals surface area contributed by atoms with Crippen LogP contribution in [-0.2, 0) is 4.79 Å². The van der Waals surface area contributed by atoms with Gasteiger partial charge in [0.2, 0.25) is 0 Å². The van der Waals surface area contributed by atoms with Crippen LogP contribution < -0.4 is 5.32 Å². The summed E-state index contributed by atoms with van der Waals surface area (Å²) in [6.45, 7) is 0. The molecular formula is C8H15NO2. The highest BCUT2D eigenvalue weighted by Gasteiger charge is 2.28. The average molecular weight is 157 g/mol. The van der Waals surface area contributed by atoms with E-state index in [1.807, 2.05) is 7.05 Å². The normalized spacial score (nSPS) is 21.9. The molecule has 0 atom stereocenters. The van der Waals surface area contributed by atoms with Gasteiger partial charge in [0.25, 0.3) is 0 Å². The van der Waals surface area contributed by atoms with Crippen molar-refractivity contribution in [2.75, 3.05) is 7.05 Å². The van der Waals surface area contributed by atoms with Gasteiger partial charge in [-0.25, -0.2) is 0 Å². The second-order valence-electron chi connectivity index (χ2n) is 3.18. The largest absolute Gasteiger partial charge is 0.481 e. The van der Waals surface area contributed by atoms with Gasteiger partial charge in [0.1, 0.15) is 0 Å². The molecule has 2 saturated carbocycles. The molecule has 0 spiro atoms. The Morgan fingerprint density at radius 3 is 1.91 bits per heavy atom. The van der Waals surface area contributed by atoms with E-state index in [0.29, 0.717) is 0 Å². The van der Waals surface area contributed by atoms with Crippen LogP contribution in [0.3, 0.4) is 0 Å². The van der Waals surface area contributed by atoms with E-state index in [0.717, 1.165) is 18.9 Å². The molecule has 0 saturated heterocycles. The second kappa shape index (κ2) is 3.72. The van der Waals surface area contributed by atoms with Crippen LogP contribution in [0.4, 0.5) is 0 Å². The maximum Gasteiger partial charge on any atom is 0.306 e. The van der Waals surface area contributed by atoms with Crippen LogP contribution in [-0.4, -0.2) is 24.2 Å². The minimum Gasteiger partial charge on any atom is -0.481 e. The number of nitrogens with one attached hydrogen (secondary N) is 1. The van der Waals surface area contributed by atoms with E-state index in [2.05, 4.69) is 5.32 Å². The lowest BCUT2D eigenvalue weighted by atomic mass is 10.5. The first-order valence-corrected chi connectivity index (χ1v) is 4.14. The van der Waals surface area contributed by atoms with Gasteiger partial charge in [-0.15, -0.1) is 0 Å². The quantitative estimate of drug-likeness (QED) is 0.624. The van der Waals surface area contributed by atoms with E-state index in [4.69, 9.17) is 5.11 Å². The molecule has 0 aromatic rings. The monoisotopic (exact) mass is 157 g/mol. The fourth-order valence-corrected chi connectivity index (χ4v) is 0.702. The first kappa shape index (κ1) is 8.53. The molecule has 64 valence electrons. The Kier molecular flexibility index (Phi) is 2.88. The van der Waals surface area contributed by atoms with E-state index in [9.17, 15) is 4.79 Å². The Balaban J connectivity index is 0.000000112. The first-order valence-electron chi connectivity index (χ1n) is 4.14. The van der Waals surface area contributed by atoms with Crippen molar-refractivity contribution in [1.29, 1.82) is 0 Å². The molecule has 0 aliphatic heterocycles. The molecule has 0 unspecified atom stereocenters. The summed E-state index contributed by atoms with van der Waals surface area (Å²) in [5.74, 6) is -0.611. The maximum absolute atomic E-state index is 9.76. The number of rotatable bonds is 2. The topological polar surface area (TPSA) is 49.3 Å². The van der Waals surface area contributed by atoms with Crippen molar-refractivity contribution >= 4 is 5.97 Å². The van der Waals surface area contributed by atoms with Gasteiger partial charge in [-0.1, -0.05) is 0 Å². The third-order valence-electron chi connectivity index (χ3n) is 1.91. The van der Waals surface area contributed by atoms with Gasteiger partial charge in [0.05, 0.1) is 5.92 Å². The van der Waals surface area contributed by atoms with Gasteiger partial charge in [0.15, 0.2) is 0 Å². The molecule has 3 heteroatoms. The van der Waals surface area contributed by atoms with Crippen molar-refractivity contribution in [2.24, 2.45) is 5.92 Å². The van der Waals surface area contributed by atoms with Crippen molar-refractivity contribution in [3.05, 3.63) is 0 Å². The average Bonchev–Trinajstić information content (AvgIpc) is 2.86. The van der Waals surface area contributed by atoms with Gasteiger partial charge in [-0.05, 0) is 32.7 Å². The number of carboxylic acid groups (broad SMARTS) is 1. The predicted molar refractivity (Wildman–Crippen MR) is 42.4 cm³/mol. The molecule has 3 nitrogen and oxygen atoms in total. The molecule has 0 radical (unpaired) electrons. The molecule has 0 aromatic carbocycles. The highest BCUT2D eigenvalue weighted by molar-refractivity contribution is 5.72. The fraction of sp³-hybridized carbons (Fsp3) is 0.875. The zero-order valence-electron chi connectivity index (χ0n) is 6.84. The number of hydrogen-bond acceptors (Lipinski definition) is 2. The number of carboxylic acids is 1. The Morgan fingerprint density at radius 2 is 1.91 bits per heavy atom. The van der Waals surface area contributed by atoms with Crippen LogP contribution in [0, 0.1) is 5.92 Å². The summed E-state index contributed by atoms with van der Waals surface area (Å²) in [5, 5.41) is 11.2. The predicted octanol–water partition coefficient (Wildman–Crippen LogP) is 0.849. The van der Waals surface area contributed by atoms with E-state index < -0.39 is 5.97 Å². The summed E-state index contributed by atoms with van der Waals surface area (Å²) in [7, 11) is 2.01. The maximum atomic E-state index is 9.76. The summed E-state index contributed by atoms with van der Waals surface area (Å²) >= 11 is 0. The summed E-state index contributed by atoms with van der Waals surface area (Å²) in [6.07, 6.45) is 4.59. The lowest BCUT2D eigenvalue weighted by Gasteiger charge is -1.80. The highest BCUT2D eigenvalue weighted by Crippen LogP contribution is 2.28. The van der Waals surface area contributed by atoms with Crippen molar-refractivity contribution in [3.63, 3.8) is 0 Å². The Hall–Kier alpha value is -0.570. The minimum atomic E-state index is -0.630. The Bertz CT molecular complexity index is 139. The van der Waals surface area contributed by atoms with Crippen LogP contribution in [0.5, 0.6) is 0 Å². The van der Waals surface area contributed by atoms with Crippen LogP contribution in [0.25, 0.3) is 0 Å². The van der Waals surface area contributed by atoms with Gasteiger partial charge < -0.3 is 10.4 Å². The SMILES string of the molecule is CNC1CC1.O=C(O)C1CC1. The van der Waals surface area contributed by atoms with E-state index in [1.165, 1.54) is 12.8 Å². The first-order chi connectivity index (χ1) is 5.24. The van der Waals surface area contributed by atoms with Crippen molar-refractivity contribution in [3.8, 4) is 0 Å². The summed E-state index contributed by atoms with van der Waals surface area (Å²) < 4.78 is 0. The lowest BCUT2D eigenvalue weighted by Crippen LogP contribution is -2.06. The molecule has 2 rings (SSSR count). The fourth-order valence-electron chi connectivity index (χ4n) is 0.702. The van der Waals surface area contributed by atoms with Crippen LogP contribution >= 0.6 is 0 Å². The Labute approximate surface area is 66.8 Å². The van der Waals surface area contributed by atoms with Gasteiger partial charge in [0, 0.05) is 6.04 Å². The van der Waals surface area contributed by atoms with Gasteiger partial charge >= 0.3 is 5.97 Å². The molecule has 0 aromatic heterocycles. The number of hydrogen-bond donors (Lipinski definition) is 2. The lowest BCUT2D eigenvalue weighted by molar-refractivity contribution is -0.138.